The van der Waals surface area contributed by atoms with Gasteiger partial charge in [0.2, 0.25) is 0 Å². The lowest BCUT2D eigenvalue weighted by Crippen LogP contribution is -2.29. The van der Waals surface area contributed by atoms with Gasteiger partial charge in [0.1, 0.15) is 5.56 Å². The monoisotopic (exact) mass is 402 g/mol. The molecule has 4 rings (SSSR count). The highest BCUT2D eigenvalue weighted by atomic mass is 16.5. The van der Waals surface area contributed by atoms with E-state index in [2.05, 4.69) is 20.0 Å². The summed E-state index contributed by atoms with van der Waals surface area (Å²) in [4.78, 5) is 39.1. The summed E-state index contributed by atoms with van der Waals surface area (Å²) in [6, 6.07) is 17.7. The Morgan fingerprint density at radius 3 is 2.70 bits per heavy atom. The molecule has 2 heterocycles. The zero-order valence-electron chi connectivity index (χ0n) is 16.1. The van der Waals surface area contributed by atoms with Crippen molar-refractivity contribution in [1.82, 2.24) is 14.7 Å². The van der Waals surface area contributed by atoms with E-state index in [9.17, 15) is 14.4 Å². The number of aryl methyl sites for hydroxylation is 1. The number of nitrogens with zero attached hydrogens (tertiary/aromatic N) is 2. The normalized spacial score (nSPS) is 10.7. The first kappa shape index (κ1) is 19.1. The van der Waals surface area contributed by atoms with Gasteiger partial charge >= 0.3 is 5.76 Å². The SMILES string of the molecule is Cc1cccc(Cn2cccc(C(=O)Nc3cccc(-c4noc(=O)[nH]4)c3)c2=O)c1. The summed E-state index contributed by atoms with van der Waals surface area (Å²) in [7, 11) is 0. The zero-order chi connectivity index (χ0) is 21.1. The molecule has 0 aliphatic rings. The summed E-state index contributed by atoms with van der Waals surface area (Å²) >= 11 is 0. The number of benzene rings is 2. The highest BCUT2D eigenvalue weighted by molar-refractivity contribution is 6.04. The molecule has 8 nitrogen and oxygen atoms in total. The van der Waals surface area contributed by atoms with Gasteiger partial charge in [-0.2, -0.15) is 0 Å². The van der Waals surface area contributed by atoms with Crippen LogP contribution in [0, 0.1) is 6.92 Å². The molecule has 0 fully saturated rings. The van der Waals surface area contributed by atoms with Crippen LogP contribution in [0.2, 0.25) is 0 Å². The molecule has 0 spiro atoms. The molecule has 0 saturated carbocycles. The van der Waals surface area contributed by atoms with Crippen molar-refractivity contribution >= 4 is 11.6 Å². The molecule has 2 aromatic heterocycles. The molecule has 2 aromatic carbocycles. The summed E-state index contributed by atoms with van der Waals surface area (Å²) in [5, 5.41) is 6.34. The number of H-pyrrole nitrogens is 1. The van der Waals surface area contributed by atoms with E-state index in [1.165, 1.54) is 10.6 Å². The first-order chi connectivity index (χ1) is 14.5. The summed E-state index contributed by atoms with van der Waals surface area (Å²) in [5.74, 6) is -0.946. The van der Waals surface area contributed by atoms with Crippen LogP contribution in [-0.2, 0) is 6.54 Å². The smallest absolute Gasteiger partial charge is 0.322 e. The largest absolute Gasteiger partial charge is 0.439 e. The Morgan fingerprint density at radius 1 is 1.10 bits per heavy atom. The number of amides is 1. The van der Waals surface area contributed by atoms with E-state index >= 15 is 0 Å². The van der Waals surface area contributed by atoms with E-state index in [-0.39, 0.29) is 16.9 Å². The number of carbonyl (C=O) groups is 1. The van der Waals surface area contributed by atoms with E-state index in [1.807, 2.05) is 31.2 Å². The molecular weight excluding hydrogens is 384 g/mol. The van der Waals surface area contributed by atoms with E-state index in [0.717, 1.165) is 11.1 Å². The van der Waals surface area contributed by atoms with Crippen LogP contribution in [0.5, 0.6) is 0 Å². The Bertz CT molecular complexity index is 1330. The third-order valence-electron chi connectivity index (χ3n) is 4.53. The first-order valence-electron chi connectivity index (χ1n) is 9.22. The van der Waals surface area contributed by atoms with Crippen LogP contribution < -0.4 is 16.6 Å². The van der Waals surface area contributed by atoms with Crippen LogP contribution in [0.4, 0.5) is 5.69 Å². The number of carbonyl (C=O) groups excluding carboxylic acids is 1. The van der Waals surface area contributed by atoms with E-state index in [1.54, 1.807) is 36.5 Å². The molecular formula is C22H18N4O4. The van der Waals surface area contributed by atoms with Gasteiger partial charge < -0.3 is 9.88 Å². The van der Waals surface area contributed by atoms with E-state index in [4.69, 9.17) is 0 Å². The van der Waals surface area contributed by atoms with Crippen molar-refractivity contribution in [3.8, 4) is 11.4 Å². The molecule has 0 unspecified atom stereocenters. The fraction of sp³-hybridized carbons (Fsp3) is 0.0909. The van der Waals surface area contributed by atoms with Crippen molar-refractivity contribution in [3.63, 3.8) is 0 Å². The van der Waals surface area contributed by atoms with Crippen LogP contribution >= 0.6 is 0 Å². The topological polar surface area (TPSA) is 110 Å². The molecule has 4 aromatic rings. The predicted octanol–water partition coefficient (Wildman–Crippen LogP) is 2.80. The number of hydrogen-bond acceptors (Lipinski definition) is 5. The maximum absolute atomic E-state index is 12.8. The number of nitrogens with one attached hydrogen (secondary N) is 2. The van der Waals surface area contributed by atoms with Gasteiger partial charge in [0.25, 0.3) is 11.5 Å². The van der Waals surface area contributed by atoms with Gasteiger partial charge in [-0.15, -0.1) is 0 Å². The average Bonchev–Trinajstić information content (AvgIpc) is 3.16. The van der Waals surface area contributed by atoms with E-state index in [0.29, 0.717) is 17.8 Å². The van der Waals surface area contributed by atoms with E-state index < -0.39 is 11.7 Å². The van der Waals surface area contributed by atoms with Gasteiger partial charge in [0, 0.05) is 17.4 Å². The lowest BCUT2D eigenvalue weighted by molar-refractivity contribution is 0.102. The highest BCUT2D eigenvalue weighted by Gasteiger charge is 2.14. The van der Waals surface area contributed by atoms with Crippen LogP contribution in [-0.4, -0.2) is 20.6 Å². The second-order valence-corrected chi connectivity index (χ2v) is 6.82. The third-order valence-corrected chi connectivity index (χ3v) is 4.53. The van der Waals surface area contributed by atoms with Gasteiger partial charge in [-0.25, -0.2) is 4.79 Å². The second kappa shape index (κ2) is 8.04. The predicted molar refractivity (Wildman–Crippen MR) is 111 cm³/mol. The summed E-state index contributed by atoms with van der Waals surface area (Å²) < 4.78 is 6.00. The number of aromatic amines is 1. The number of anilines is 1. The summed E-state index contributed by atoms with van der Waals surface area (Å²) in [6.07, 6.45) is 1.66. The molecule has 0 aliphatic heterocycles. The van der Waals surface area contributed by atoms with Gasteiger partial charge in [-0.1, -0.05) is 47.1 Å². The molecule has 30 heavy (non-hydrogen) atoms. The average molecular weight is 402 g/mol. The molecule has 0 aliphatic carbocycles. The van der Waals surface area contributed by atoms with Crippen LogP contribution in [0.25, 0.3) is 11.4 Å². The lowest BCUT2D eigenvalue weighted by Gasteiger charge is -2.10. The first-order valence-corrected chi connectivity index (χ1v) is 9.22. The molecule has 2 N–H and O–H groups in total. The molecule has 150 valence electrons. The number of pyridine rings is 1. The number of hydrogen-bond donors (Lipinski definition) is 2. The Labute approximate surface area is 170 Å². The second-order valence-electron chi connectivity index (χ2n) is 6.82. The molecule has 0 radical (unpaired) electrons. The standard InChI is InChI=1S/C22H18N4O4/c1-14-5-2-6-15(11-14)13-26-10-4-9-18(21(26)28)20(27)23-17-8-3-7-16(12-17)19-24-22(29)30-25-19/h2-12H,13H2,1H3,(H,23,27)(H,24,25,29). The molecule has 0 bridgehead atoms. The molecule has 8 heteroatoms. The Hall–Kier alpha value is -4.20. The quantitative estimate of drug-likeness (QED) is 0.533. The van der Waals surface area contributed by atoms with Gasteiger partial charge in [-0.05, 0) is 36.8 Å². The van der Waals surface area contributed by atoms with Crippen molar-refractivity contribution in [2.24, 2.45) is 0 Å². The highest BCUT2D eigenvalue weighted by Crippen LogP contribution is 2.18. The Balaban J connectivity index is 1.57. The number of aromatic nitrogens is 3. The lowest BCUT2D eigenvalue weighted by atomic mass is 10.1. The Morgan fingerprint density at radius 2 is 1.93 bits per heavy atom. The van der Waals surface area contributed by atoms with Crippen molar-refractivity contribution in [3.05, 3.63) is 104 Å². The van der Waals surface area contributed by atoms with Crippen LogP contribution in [0.1, 0.15) is 21.5 Å². The van der Waals surface area contributed by atoms with Crippen LogP contribution in [0.3, 0.4) is 0 Å². The fourth-order valence-electron chi connectivity index (χ4n) is 3.14. The van der Waals surface area contributed by atoms with Gasteiger partial charge in [-0.3, -0.25) is 19.1 Å². The van der Waals surface area contributed by atoms with Crippen LogP contribution in [0.15, 0.2) is 81.0 Å². The fourth-order valence-corrected chi connectivity index (χ4v) is 3.14. The van der Waals surface area contributed by atoms with Gasteiger partial charge in [0.15, 0.2) is 5.82 Å². The van der Waals surface area contributed by atoms with Crippen molar-refractivity contribution < 1.29 is 9.32 Å². The maximum Gasteiger partial charge on any atom is 0.439 e. The van der Waals surface area contributed by atoms with Crippen molar-refractivity contribution in [2.45, 2.75) is 13.5 Å². The molecule has 0 atom stereocenters. The summed E-state index contributed by atoms with van der Waals surface area (Å²) in [5.41, 5.74) is 2.74. The van der Waals surface area contributed by atoms with Crippen molar-refractivity contribution in [2.75, 3.05) is 5.32 Å². The molecule has 1 amide bonds. The maximum atomic E-state index is 12.8. The summed E-state index contributed by atoms with van der Waals surface area (Å²) in [6.45, 7) is 2.36. The Kier molecular flexibility index (Phi) is 5.13. The zero-order valence-corrected chi connectivity index (χ0v) is 16.1. The minimum absolute atomic E-state index is 0.0328. The van der Waals surface area contributed by atoms with Crippen molar-refractivity contribution in [1.29, 1.82) is 0 Å². The third kappa shape index (κ3) is 4.12. The molecule has 0 saturated heterocycles. The van der Waals surface area contributed by atoms with Gasteiger partial charge in [0.05, 0.1) is 6.54 Å². The minimum Gasteiger partial charge on any atom is -0.322 e. The number of rotatable bonds is 5. The minimum atomic E-state index is -0.669.